The number of hydrogen-bond acceptors (Lipinski definition) is 3. The smallest absolute Gasteiger partial charge is 0.312 e. The predicted octanol–water partition coefficient (Wildman–Crippen LogP) is 1.62. The molecule has 19 heavy (non-hydrogen) atoms. The van der Waals surface area contributed by atoms with Crippen LogP contribution in [0.4, 0.5) is 0 Å². The molecule has 1 unspecified atom stereocenters. The zero-order valence-electron chi connectivity index (χ0n) is 11.3. The van der Waals surface area contributed by atoms with E-state index in [2.05, 4.69) is 0 Å². The van der Waals surface area contributed by atoms with E-state index < -0.39 is 11.9 Å². The van der Waals surface area contributed by atoms with Crippen LogP contribution in [0.2, 0.25) is 0 Å². The van der Waals surface area contributed by atoms with Crippen molar-refractivity contribution in [3.05, 3.63) is 29.5 Å². The second-order valence-electron chi connectivity index (χ2n) is 4.57. The summed E-state index contributed by atoms with van der Waals surface area (Å²) in [6.45, 7) is 1.99. The summed E-state index contributed by atoms with van der Waals surface area (Å²) in [6.07, 6.45) is 0. The fraction of sp³-hybridized carbons (Fsp3) is 0.357. The van der Waals surface area contributed by atoms with Crippen molar-refractivity contribution in [2.45, 2.75) is 12.8 Å². The molecule has 0 spiro atoms. The highest BCUT2D eigenvalue weighted by Gasteiger charge is 2.25. The van der Waals surface area contributed by atoms with Gasteiger partial charge in [0.05, 0.1) is 13.0 Å². The zero-order chi connectivity index (χ0) is 14.2. The normalized spacial score (nSPS) is 12.6. The lowest BCUT2D eigenvalue weighted by Gasteiger charge is -2.11. The van der Waals surface area contributed by atoms with Gasteiger partial charge in [-0.2, -0.15) is 0 Å². The van der Waals surface area contributed by atoms with Gasteiger partial charge in [-0.05, 0) is 30.7 Å². The first-order chi connectivity index (χ1) is 9.01. The molecular weight excluding hydrogens is 244 g/mol. The molecular formula is C14H18N2O3. The summed E-state index contributed by atoms with van der Waals surface area (Å²) < 4.78 is 7.19. The first-order valence-corrected chi connectivity index (χ1v) is 6.07. The highest BCUT2D eigenvalue weighted by Crippen LogP contribution is 2.33. The van der Waals surface area contributed by atoms with Crippen LogP contribution < -0.4 is 10.5 Å². The molecule has 2 rings (SSSR count). The summed E-state index contributed by atoms with van der Waals surface area (Å²) in [5, 5.41) is 10.2. The number of ether oxygens (including phenoxy) is 1. The van der Waals surface area contributed by atoms with E-state index in [1.165, 1.54) is 0 Å². The number of aryl methyl sites for hydroxylation is 1. The van der Waals surface area contributed by atoms with Crippen molar-refractivity contribution in [3.8, 4) is 5.75 Å². The van der Waals surface area contributed by atoms with Crippen molar-refractivity contribution < 1.29 is 14.6 Å². The van der Waals surface area contributed by atoms with Crippen molar-refractivity contribution >= 4 is 16.9 Å². The number of carboxylic acid groups (broad SMARTS) is 1. The lowest BCUT2D eigenvalue weighted by atomic mass is 9.96. The lowest BCUT2D eigenvalue weighted by Crippen LogP contribution is -2.21. The molecule has 1 atom stereocenters. The van der Waals surface area contributed by atoms with Crippen LogP contribution in [0.25, 0.3) is 10.9 Å². The third-order valence-electron chi connectivity index (χ3n) is 3.63. The average molecular weight is 262 g/mol. The molecule has 2 aromatic rings. The minimum Gasteiger partial charge on any atom is -0.497 e. The van der Waals surface area contributed by atoms with Crippen LogP contribution in [-0.2, 0) is 11.8 Å². The van der Waals surface area contributed by atoms with E-state index >= 15 is 0 Å². The zero-order valence-corrected chi connectivity index (χ0v) is 11.3. The molecule has 102 valence electrons. The number of carboxylic acids is 1. The van der Waals surface area contributed by atoms with E-state index in [0.29, 0.717) is 5.75 Å². The van der Waals surface area contributed by atoms with Crippen LogP contribution in [0, 0.1) is 6.92 Å². The summed E-state index contributed by atoms with van der Waals surface area (Å²) in [7, 11) is 3.51. The Hall–Kier alpha value is -2.01. The summed E-state index contributed by atoms with van der Waals surface area (Å²) in [5.74, 6) is -0.891. The number of methoxy groups -OCH3 is 1. The Morgan fingerprint density at radius 1 is 1.53 bits per heavy atom. The molecule has 1 aromatic heterocycles. The minimum atomic E-state index is -0.902. The first-order valence-electron chi connectivity index (χ1n) is 6.07. The number of rotatable bonds is 4. The summed E-state index contributed by atoms with van der Waals surface area (Å²) in [6, 6.07) is 5.66. The maximum atomic E-state index is 11.4. The predicted molar refractivity (Wildman–Crippen MR) is 73.6 cm³/mol. The van der Waals surface area contributed by atoms with Crippen molar-refractivity contribution in [1.29, 1.82) is 0 Å². The molecule has 5 nitrogen and oxygen atoms in total. The second kappa shape index (κ2) is 4.93. The molecule has 0 bridgehead atoms. The summed E-state index contributed by atoms with van der Waals surface area (Å²) in [5.41, 5.74) is 8.29. The largest absolute Gasteiger partial charge is 0.497 e. The third kappa shape index (κ3) is 2.06. The third-order valence-corrected chi connectivity index (χ3v) is 3.63. The molecule has 1 heterocycles. The Balaban J connectivity index is 2.77. The van der Waals surface area contributed by atoms with Crippen LogP contribution in [0.1, 0.15) is 17.2 Å². The highest BCUT2D eigenvalue weighted by molar-refractivity contribution is 5.92. The van der Waals surface area contributed by atoms with E-state index in [0.717, 1.165) is 22.2 Å². The quantitative estimate of drug-likeness (QED) is 0.877. The van der Waals surface area contributed by atoms with Crippen LogP contribution in [0.3, 0.4) is 0 Å². The number of aliphatic carboxylic acids is 1. The lowest BCUT2D eigenvalue weighted by molar-refractivity contribution is -0.138. The minimum absolute atomic E-state index is 0.0759. The molecule has 0 saturated heterocycles. The van der Waals surface area contributed by atoms with Crippen molar-refractivity contribution in [1.82, 2.24) is 4.57 Å². The second-order valence-corrected chi connectivity index (χ2v) is 4.57. The number of aromatic nitrogens is 1. The molecule has 0 aliphatic rings. The van der Waals surface area contributed by atoms with E-state index in [1.807, 2.05) is 36.7 Å². The Morgan fingerprint density at radius 2 is 2.21 bits per heavy atom. The van der Waals surface area contributed by atoms with Gasteiger partial charge < -0.3 is 20.1 Å². The fourth-order valence-corrected chi connectivity index (χ4v) is 2.49. The van der Waals surface area contributed by atoms with Crippen LogP contribution in [-0.4, -0.2) is 29.3 Å². The summed E-state index contributed by atoms with van der Waals surface area (Å²) in [4.78, 5) is 11.4. The molecule has 5 heteroatoms. The molecule has 3 N–H and O–H groups in total. The monoisotopic (exact) mass is 262 g/mol. The Kier molecular flexibility index (Phi) is 3.48. The maximum Gasteiger partial charge on any atom is 0.312 e. The molecule has 0 aliphatic carbocycles. The van der Waals surface area contributed by atoms with Crippen LogP contribution in [0.5, 0.6) is 5.75 Å². The maximum absolute atomic E-state index is 11.4. The van der Waals surface area contributed by atoms with Crippen LogP contribution in [0.15, 0.2) is 18.2 Å². The molecule has 0 fully saturated rings. The molecule has 0 saturated carbocycles. The average Bonchev–Trinajstić information content (AvgIpc) is 2.64. The first kappa shape index (κ1) is 13.4. The van der Waals surface area contributed by atoms with E-state index in [-0.39, 0.29) is 6.54 Å². The molecule has 0 aliphatic heterocycles. The van der Waals surface area contributed by atoms with Gasteiger partial charge in [0.25, 0.3) is 0 Å². The van der Waals surface area contributed by atoms with Gasteiger partial charge in [0.2, 0.25) is 0 Å². The van der Waals surface area contributed by atoms with Crippen molar-refractivity contribution in [2.24, 2.45) is 12.8 Å². The Morgan fingerprint density at radius 3 is 2.74 bits per heavy atom. The van der Waals surface area contributed by atoms with Crippen LogP contribution >= 0.6 is 0 Å². The highest BCUT2D eigenvalue weighted by atomic mass is 16.5. The SMILES string of the molecule is COc1ccc2c(c1)c(C(CN)C(=O)O)c(C)n2C. The van der Waals surface area contributed by atoms with Gasteiger partial charge >= 0.3 is 5.97 Å². The van der Waals surface area contributed by atoms with Gasteiger partial charge in [-0.1, -0.05) is 0 Å². The standard InChI is InChI=1S/C14H18N2O3/c1-8-13(11(7-15)14(17)18)10-6-9(19-3)4-5-12(10)16(8)2/h4-6,11H,7,15H2,1-3H3,(H,17,18). The number of benzene rings is 1. The Bertz CT molecular complexity index is 631. The number of hydrogen-bond donors (Lipinski definition) is 2. The Labute approximate surface area is 111 Å². The molecule has 0 radical (unpaired) electrons. The number of fused-ring (bicyclic) bond motifs is 1. The number of nitrogens with zero attached hydrogens (tertiary/aromatic N) is 1. The van der Waals surface area contributed by atoms with Gasteiger partial charge in [-0.25, -0.2) is 0 Å². The van der Waals surface area contributed by atoms with E-state index in [9.17, 15) is 9.90 Å². The molecule has 1 aromatic carbocycles. The number of carbonyl (C=O) groups is 1. The van der Waals surface area contributed by atoms with E-state index in [1.54, 1.807) is 7.11 Å². The van der Waals surface area contributed by atoms with Gasteiger partial charge in [0.1, 0.15) is 5.75 Å². The van der Waals surface area contributed by atoms with Gasteiger partial charge in [0.15, 0.2) is 0 Å². The van der Waals surface area contributed by atoms with E-state index in [4.69, 9.17) is 10.5 Å². The van der Waals surface area contributed by atoms with Crippen molar-refractivity contribution in [2.75, 3.05) is 13.7 Å². The van der Waals surface area contributed by atoms with Gasteiger partial charge in [0, 0.05) is 30.2 Å². The summed E-state index contributed by atoms with van der Waals surface area (Å²) >= 11 is 0. The van der Waals surface area contributed by atoms with Crippen molar-refractivity contribution in [3.63, 3.8) is 0 Å². The number of nitrogens with two attached hydrogens (primary N) is 1. The van der Waals surface area contributed by atoms with Gasteiger partial charge in [-0.15, -0.1) is 0 Å². The van der Waals surface area contributed by atoms with Gasteiger partial charge in [-0.3, -0.25) is 4.79 Å². The molecule has 0 amide bonds. The fourth-order valence-electron chi connectivity index (χ4n) is 2.49. The topological polar surface area (TPSA) is 77.5 Å².